The second-order valence-electron chi connectivity index (χ2n) is 19.2. The van der Waals surface area contributed by atoms with Crippen LogP contribution in [0.1, 0.15) is 141 Å². The Balaban J connectivity index is 2.14. The van der Waals surface area contributed by atoms with Crippen molar-refractivity contribution >= 4 is 5.97 Å². The second-order valence-corrected chi connectivity index (χ2v) is 19.2. The third-order valence-electron chi connectivity index (χ3n) is 11.3. The zero-order chi connectivity index (χ0) is 39.8. The van der Waals surface area contributed by atoms with E-state index in [1.165, 1.54) is 7.11 Å². The lowest BCUT2D eigenvalue weighted by Gasteiger charge is -2.46. The van der Waals surface area contributed by atoms with Crippen molar-refractivity contribution in [1.82, 2.24) is 0 Å². The number of esters is 1. The summed E-state index contributed by atoms with van der Waals surface area (Å²) in [6, 6.07) is 38.0. The number of nitriles is 2. The van der Waals surface area contributed by atoms with Gasteiger partial charge in [0.25, 0.3) is 0 Å². The van der Waals surface area contributed by atoms with Crippen molar-refractivity contribution in [2.24, 2.45) is 5.41 Å². The van der Waals surface area contributed by atoms with Gasteiger partial charge >= 0.3 is 5.97 Å². The zero-order valence-electron chi connectivity index (χ0n) is 34.7. The van der Waals surface area contributed by atoms with E-state index in [1.807, 2.05) is 55.5 Å². The largest absolute Gasteiger partial charge is 0.469 e. The molecule has 0 amide bonds. The molecule has 4 rings (SSSR count). The second kappa shape index (κ2) is 14.3. The van der Waals surface area contributed by atoms with Gasteiger partial charge in [0.05, 0.1) is 24.7 Å². The average Bonchev–Trinajstić information content (AvgIpc) is 3.10. The van der Waals surface area contributed by atoms with Crippen molar-refractivity contribution in [3.05, 3.63) is 142 Å². The fraction of sp³-hybridized carbons (Fsp3) is 0.449. The Hall–Kier alpha value is -4.67. The molecule has 4 aromatic carbocycles. The molecular weight excluding hydrogens is 649 g/mol. The lowest BCUT2D eigenvalue weighted by atomic mass is 9.52. The number of benzene rings is 4. The van der Waals surface area contributed by atoms with E-state index in [9.17, 15) is 15.3 Å². The monoisotopic (exact) mass is 708 g/mol. The minimum atomic E-state index is -1.57. The van der Waals surface area contributed by atoms with E-state index in [1.54, 1.807) is 0 Å². The van der Waals surface area contributed by atoms with Crippen LogP contribution in [0.2, 0.25) is 0 Å². The number of methoxy groups -OCH3 is 1. The first-order valence-corrected chi connectivity index (χ1v) is 18.8. The summed E-state index contributed by atoms with van der Waals surface area (Å²) >= 11 is 0. The quantitative estimate of drug-likeness (QED) is 0.171. The van der Waals surface area contributed by atoms with Gasteiger partial charge in [0.15, 0.2) is 0 Å². The minimum absolute atomic E-state index is 0.0253. The van der Waals surface area contributed by atoms with Gasteiger partial charge in [-0.3, -0.25) is 4.79 Å². The highest BCUT2D eigenvalue weighted by atomic mass is 16.5. The van der Waals surface area contributed by atoms with Crippen LogP contribution >= 0.6 is 0 Å². The Morgan fingerprint density at radius 2 is 0.698 bits per heavy atom. The molecule has 0 fully saturated rings. The third-order valence-corrected chi connectivity index (χ3v) is 11.3. The SMILES string of the molecule is COC(=O)C(C)(CC(C#N)(c1ccc(C(C)(C)C)cc1)c1ccc(C(C)(C)C)cc1)C(C#N)(c1ccc(C(C)(C)C)cc1)c1ccc(C(C)(C)C)cc1. The number of ether oxygens (including phenoxy) is 1. The summed E-state index contributed by atoms with van der Waals surface area (Å²) in [6.07, 6.45) is -0.0253. The number of carbonyl (C=O) groups is 1. The maximum Gasteiger partial charge on any atom is 0.313 e. The molecule has 0 aliphatic rings. The molecule has 4 nitrogen and oxygen atoms in total. The van der Waals surface area contributed by atoms with Crippen LogP contribution in [0.5, 0.6) is 0 Å². The van der Waals surface area contributed by atoms with Crippen LogP contribution in [0.25, 0.3) is 0 Å². The summed E-state index contributed by atoms with van der Waals surface area (Å²) in [5, 5.41) is 23.3. The molecule has 0 heterocycles. The molecule has 1 atom stereocenters. The molecule has 4 aromatic rings. The van der Waals surface area contributed by atoms with Crippen LogP contribution in [0.15, 0.2) is 97.1 Å². The highest BCUT2D eigenvalue weighted by molar-refractivity contribution is 5.82. The Labute approximate surface area is 320 Å². The number of nitrogens with zero attached hydrogens (tertiary/aromatic N) is 2. The predicted molar refractivity (Wildman–Crippen MR) is 218 cm³/mol. The number of hydrogen-bond donors (Lipinski definition) is 0. The minimum Gasteiger partial charge on any atom is -0.469 e. The molecule has 1 unspecified atom stereocenters. The number of hydrogen-bond acceptors (Lipinski definition) is 4. The summed E-state index contributed by atoms with van der Waals surface area (Å²) in [5.74, 6) is -0.559. The maximum absolute atomic E-state index is 14.8. The van der Waals surface area contributed by atoms with E-state index in [-0.39, 0.29) is 28.1 Å². The Kier molecular flexibility index (Phi) is 11.1. The van der Waals surface area contributed by atoms with Crippen LogP contribution in [0, 0.1) is 28.1 Å². The van der Waals surface area contributed by atoms with Gasteiger partial charge in [0, 0.05) is 0 Å². The molecule has 0 saturated heterocycles. The first-order chi connectivity index (χ1) is 24.4. The molecular formula is C49H60N2O2. The van der Waals surface area contributed by atoms with Gasteiger partial charge in [0.1, 0.15) is 10.8 Å². The van der Waals surface area contributed by atoms with Gasteiger partial charge < -0.3 is 4.74 Å². The summed E-state index contributed by atoms with van der Waals surface area (Å²) in [5.41, 5.74) is 2.44. The number of rotatable bonds is 8. The summed E-state index contributed by atoms with van der Waals surface area (Å²) in [7, 11) is 1.37. The van der Waals surface area contributed by atoms with Crippen molar-refractivity contribution in [2.45, 2.75) is 129 Å². The molecule has 278 valence electrons. The lowest BCUT2D eigenvalue weighted by Crippen LogP contribution is -2.53. The topological polar surface area (TPSA) is 73.9 Å². The van der Waals surface area contributed by atoms with E-state index >= 15 is 0 Å². The molecule has 0 bridgehead atoms. The summed E-state index contributed by atoms with van der Waals surface area (Å²) < 4.78 is 5.71. The maximum atomic E-state index is 14.8. The zero-order valence-corrected chi connectivity index (χ0v) is 34.7. The molecule has 0 spiro atoms. The van der Waals surface area contributed by atoms with E-state index in [4.69, 9.17) is 4.74 Å². The van der Waals surface area contributed by atoms with Crippen molar-refractivity contribution in [3.63, 3.8) is 0 Å². The predicted octanol–water partition coefficient (Wildman–Crippen LogP) is 11.8. The van der Waals surface area contributed by atoms with Crippen molar-refractivity contribution < 1.29 is 9.53 Å². The van der Waals surface area contributed by atoms with E-state index in [0.29, 0.717) is 11.1 Å². The van der Waals surface area contributed by atoms with Crippen LogP contribution < -0.4 is 0 Å². The van der Waals surface area contributed by atoms with Crippen LogP contribution in [-0.2, 0) is 42.0 Å². The Morgan fingerprint density at radius 1 is 0.453 bits per heavy atom. The van der Waals surface area contributed by atoms with Crippen molar-refractivity contribution in [1.29, 1.82) is 10.5 Å². The Bertz CT molecular complexity index is 1860. The van der Waals surface area contributed by atoms with E-state index in [0.717, 1.165) is 33.4 Å². The standard InChI is InChI=1S/C49H60N2O2/c1-43(2,3)34-15-23-38(24-16-34)48(32-50,39-25-17-35(18-26-39)44(4,5)6)31-47(13,42(52)53-14)49(33-51,40-27-19-36(20-28-40)45(7,8)9)41-29-21-37(22-30-41)46(10,11)12/h15-30H,31H2,1-14H3. The summed E-state index contributed by atoms with van der Waals surface area (Å²) in [4.78, 5) is 14.8. The fourth-order valence-corrected chi connectivity index (χ4v) is 7.66. The van der Waals surface area contributed by atoms with Gasteiger partial charge in [-0.15, -0.1) is 0 Å². The average molecular weight is 709 g/mol. The normalized spacial score (nSPS) is 14.1. The lowest BCUT2D eigenvalue weighted by molar-refractivity contribution is -0.155. The van der Waals surface area contributed by atoms with Gasteiger partial charge in [-0.1, -0.05) is 180 Å². The van der Waals surface area contributed by atoms with Crippen molar-refractivity contribution in [2.75, 3.05) is 7.11 Å². The van der Waals surface area contributed by atoms with Crippen LogP contribution in [0.4, 0.5) is 0 Å². The van der Waals surface area contributed by atoms with Gasteiger partial charge in [-0.25, -0.2) is 0 Å². The number of carbonyl (C=O) groups excluding carboxylic acids is 1. The third kappa shape index (κ3) is 7.71. The smallest absolute Gasteiger partial charge is 0.313 e. The van der Waals surface area contributed by atoms with E-state index in [2.05, 4.69) is 144 Å². The fourth-order valence-electron chi connectivity index (χ4n) is 7.66. The summed E-state index contributed by atoms with van der Waals surface area (Å²) in [6.45, 7) is 27.7. The molecule has 0 aliphatic heterocycles. The molecule has 0 aliphatic carbocycles. The first-order valence-electron chi connectivity index (χ1n) is 18.8. The van der Waals surface area contributed by atoms with Gasteiger partial charge in [-0.05, 0) is 79.5 Å². The van der Waals surface area contributed by atoms with Crippen molar-refractivity contribution in [3.8, 4) is 12.1 Å². The van der Waals surface area contributed by atoms with E-state index < -0.39 is 22.2 Å². The molecule has 53 heavy (non-hydrogen) atoms. The Morgan fingerprint density at radius 3 is 0.906 bits per heavy atom. The van der Waals surface area contributed by atoms with Crippen LogP contribution in [-0.4, -0.2) is 13.1 Å². The first kappa shape index (κ1) is 41.1. The molecule has 4 heteroatoms. The highest BCUT2D eigenvalue weighted by Gasteiger charge is 2.61. The molecule has 0 saturated carbocycles. The van der Waals surface area contributed by atoms with Crippen LogP contribution in [0.3, 0.4) is 0 Å². The molecule has 0 aromatic heterocycles. The van der Waals surface area contributed by atoms with Gasteiger partial charge in [-0.2, -0.15) is 10.5 Å². The molecule has 0 radical (unpaired) electrons. The van der Waals surface area contributed by atoms with Gasteiger partial charge in [0.2, 0.25) is 0 Å². The molecule has 0 N–H and O–H groups in total. The highest BCUT2D eigenvalue weighted by Crippen LogP contribution is 2.55.